The zero-order valence-corrected chi connectivity index (χ0v) is 19.0. The van der Waals surface area contributed by atoms with Crippen LogP contribution in [-0.4, -0.2) is 44.4 Å². The Morgan fingerprint density at radius 2 is 1.87 bits per heavy atom. The number of urea groups is 1. The van der Waals surface area contributed by atoms with Crippen molar-refractivity contribution in [2.24, 2.45) is 0 Å². The van der Waals surface area contributed by atoms with Gasteiger partial charge in [-0.05, 0) is 62.9 Å². The quantitative estimate of drug-likeness (QED) is 0.686. The maximum Gasteiger partial charge on any atom is 0.343 e. The number of likely N-dealkylation sites (tertiary alicyclic amines) is 1. The largest absolute Gasteiger partial charge is 0.343 e. The summed E-state index contributed by atoms with van der Waals surface area (Å²) in [6, 6.07) is 10.3. The Kier molecular flexibility index (Phi) is 5.70. The van der Waals surface area contributed by atoms with E-state index in [1.165, 1.54) is 17.0 Å². The number of nitrogens with zero attached hydrogens (tertiary/aromatic N) is 3. The first-order valence-electron chi connectivity index (χ1n) is 10.2. The summed E-state index contributed by atoms with van der Waals surface area (Å²) in [5, 5.41) is 0.312. The number of aryl methyl sites for hydroxylation is 1. The molecule has 0 aliphatic carbocycles. The maximum absolute atomic E-state index is 13.5. The summed E-state index contributed by atoms with van der Waals surface area (Å²) in [4.78, 5) is 29.6. The Labute approximate surface area is 187 Å². The molecule has 2 aromatic rings. The van der Waals surface area contributed by atoms with Crippen molar-refractivity contribution >= 4 is 44.9 Å². The number of carbonyl (C=O) groups excluding carboxylic acids is 2. The van der Waals surface area contributed by atoms with Gasteiger partial charge in [-0.15, -0.1) is 0 Å². The summed E-state index contributed by atoms with van der Waals surface area (Å²) in [6.07, 6.45) is 2.90. The molecule has 2 aliphatic rings. The monoisotopic (exact) mass is 461 g/mol. The maximum atomic E-state index is 13.5. The minimum absolute atomic E-state index is 0.0199. The van der Waals surface area contributed by atoms with E-state index in [1.807, 2.05) is 6.92 Å². The molecule has 1 saturated heterocycles. The van der Waals surface area contributed by atoms with Crippen molar-refractivity contribution in [3.63, 3.8) is 0 Å². The van der Waals surface area contributed by atoms with Crippen molar-refractivity contribution in [1.29, 1.82) is 0 Å². The lowest BCUT2D eigenvalue weighted by molar-refractivity contribution is -0.132. The van der Waals surface area contributed by atoms with E-state index in [2.05, 4.69) is 0 Å². The van der Waals surface area contributed by atoms with E-state index < -0.39 is 16.1 Å². The number of hydrogen-bond donors (Lipinski definition) is 0. The number of hydrogen-bond acceptors (Lipinski definition) is 4. The molecule has 164 valence electrons. The number of carbonyl (C=O) groups is 2. The highest BCUT2D eigenvalue weighted by Crippen LogP contribution is 2.39. The standard InChI is InChI=1S/C22H24ClN3O4S/c1-15-10-11-17(23)13-19(15)26-22(28)25(14-21(27)24-12-6-5-7-16(24)2)18-8-3-4-9-20(18)31(26,29)30/h3-4,8-11,13,16H,5-7,12,14H2,1-2H3/t16-/m1/s1. The highest BCUT2D eigenvalue weighted by atomic mass is 35.5. The molecule has 1 atom stereocenters. The normalized spacial score (nSPS) is 20.5. The van der Waals surface area contributed by atoms with Gasteiger partial charge in [0.2, 0.25) is 5.91 Å². The van der Waals surface area contributed by atoms with E-state index in [1.54, 1.807) is 42.2 Å². The average Bonchev–Trinajstić information content (AvgIpc) is 2.74. The van der Waals surface area contributed by atoms with E-state index in [0.717, 1.165) is 23.6 Å². The van der Waals surface area contributed by atoms with E-state index >= 15 is 0 Å². The van der Waals surface area contributed by atoms with Crippen LogP contribution in [0.1, 0.15) is 31.7 Å². The van der Waals surface area contributed by atoms with Crippen LogP contribution in [0.2, 0.25) is 5.02 Å². The number of anilines is 2. The van der Waals surface area contributed by atoms with E-state index in [-0.39, 0.29) is 34.8 Å². The number of para-hydroxylation sites is 1. The Balaban J connectivity index is 1.79. The molecular weight excluding hydrogens is 438 g/mol. The summed E-state index contributed by atoms with van der Waals surface area (Å²) < 4.78 is 27.6. The second-order valence-corrected chi connectivity index (χ2v) is 10.2. The van der Waals surface area contributed by atoms with Gasteiger partial charge in [0.15, 0.2) is 0 Å². The van der Waals surface area contributed by atoms with Gasteiger partial charge in [-0.3, -0.25) is 9.69 Å². The van der Waals surface area contributed by atoms with E-state index in [9.17, 15) is 18.0 Å². The molecule has 3 amide bonds. The number of fused-ring (bicyclic) bond motifs is 1. The van der Waals surface area contributed by atoms with Gasteiger partial charge < -0.3 is 4.90 Å². The molecule has 2 aromatic carbocycles. The predicted octanol–water partition coefficient (Wildman–Crippen LogP) is 4.18. The van der Waals surface area contributed by atoms with Gasteiger partial charge in [0.1, 0.15) is 11.4 Å². The zero-order chi connectivity index (χ0) is 22.3. The number of benzene rings is 2. The molecule has 0 N–H and O–H groups in total. The minimum atomic E-state index is -4.17. The van der Waals surface area contributed by atoms with Gasteiger partial charge in [-0.25, -0.2) is 13.2 Å². The molecule has 2 heterocycles. The first-order valence-corrected chi connectivity index (χ1v) is 12.0. The molecule has 0 radical (unpaired) electrons. The van der Waals surface area contributed by atoms with Crippen LogP contribution in [0.25, 0.3) is 0 Å². The zero-order valence-electron chi connectivity index (χ0n) is 17.4. The van der Waals surface area contributed by atoms with Gasteiger partial charge in [0, 0.05) is 17.6 Å². The van der Waals surface area contributed by atoms with Crippen molar-refractivity contribution in [3.8, 4) is 0 Å². The Morgan fingerprint density at radius 1 is 1.13 bits per heavy atom. The number of amides is 3. The van der Waals surface area contributed by atoms with E-state index in [0.29, 0.717) is 17.1 Å². The topological polar surface area (TPSA) is 78.0 Å². The minimum Gasteiger partial charge on any atom is -0.338 e. The molecule has 7 nitrogen and oxygen atoms in total. The van der Waals surface area contributed by atoms with Crippen LogP contribution in [-0.2, 0) is 14.8 Å². The highest BCUT2D eigenvalue weighted by Gasteiger charge is 2.44. The van der Waals surface area contributed by atoms with Crippen molar-refractivity contribution in [2.45, 2.75) is 44.0 Å². The lowest BCUT2D eigenvalue weighted by Gasteiger charge is -2.39. The molecule has 9 heteroatoms. The number of sulfonamides is 1. The smallest absolute Gasteiger partial charge is 0.338 e. The number of rotatable bonds is 3. The SMILES string of the molecule is Cc1ccc(Cl)cc1N1C(=O)N(CC(=O)N2CCCC[C@H]2C)c2ccccc2S1(=O)=O. The Morgan fingerprint density at radius 3 is 2.61 bits per heavy atom. The summed E-state index contributed by atoms with van der Waals surface area (Å²) in [5.41, 5.74) is 0.967. The third-order valence-corrected chi connectivity index (χ3v) is 7.86. The lowest BCUT2D eigenvalue weighted by atomic mass is 10.0. The predicted molar refractivity (Wildman–Crippen MR) is 120 cm³/mol. The summed E-state index contributed by atoms with van der Waals surface area (Å²) in [7, 11) is -4.17. The van der Waals surface area contributed by atoms with Crippen molar-refractivity contribution in [2.75, 3.05) is 22.3 Å². The molecule has 31 heavy (non-hydrogen) atoms. The van der Waals surface area contributed by atoms with Gasteiger partial charge >= 0.3 is 6.03 Å². The number of piperidine rings is 1. The van der Waals surface area contributed by atoms with Crippen molar-refractivity contribution < 1.29 is 18.0 Å². The third kappa shape index (κ3) is 3.78. The average molecular weight is 462 g/mol. The van der Waals surface area contributed by atoms with Crippen LogP contribution < -0.4 is 9.21 Å². The summed E-state index contributed by atoms with van der Waals surface area (Å²) in [5.74, 6) is -0.197. The Bertz CT molecular complexity index is 1150. The summed E-state index contributed by atoms with van der Waals surface area (Å²) >= 11 is 6.11. The molecule has 0 unspecified atom stereocenters. The van der Waals surface area contributed by atoms with Crippen LogP contribution in [0.3, 0.4) is 0 Å². The Hall–Kier alpha value is -2.58. The molecular formula is C22H24ClN3O4S. The molecule has 0 bridgehead atoms. The fourth-order valence-corrected chi connectivity index (χ4v) is 6.01. The van der Waals surface area contributed by atoms with Gasteiger partial charge in [-0.1, -0.05) is 29.8 Å². The van der Waals surface area contributed by atoms with E-state index in [4.69, 9.17) is 11.6 Å². The highest BCUT2D eigenvalue weighted by molar-refractivity contribution is 7.94. The fourth-order valence-electron chi connectivity index (χ4n) is 4.19. The molecule has 4 rings (SSSR count). The van der Waals surface area contributed by atoms with Crippen molar-refractivity contribution in [1.82, 2.24) is 4.90 Å². The first kappa shape index (κ1) is 21.6. The van der Waals surface area contributed by atoms with Crippen LogP contribution in [0.4, 0.5) is 16.2 Å². The lowest BCUT2D eigenvalue weighted by Crippen LogP contribution is -2.55. The fraction of sp³-hybridized carbons (Fsp3) is 0.364. The van der Waals surface area contributed by atoms with Crippen molar-refractivity contribution in [3.05, 3.63) is 53.1 Å². The summed E-state index contributed by atoms with van der Waals surface area (Å²) in [6.45, 7) is 4.11. The molecule has 2 aliphatic heterocycles. The second-order valence-electron chi connectivity index (χ2n) is 7.97. The second kappa shape index (κ2) is 8.16. The van der Waals surface area contributed by atoms with Gasteiger partial charge in [-0.2, -0.15) is 4.31 Å². The molecule has 0 aromatic heterocycles. The molecule has 0 spiro atoms. The molecule has 1 fully saturated rings. The van der Waals surface area contributed by atoms with Crippen LogP contribution in [0.15, 0.2) is 47.4 Å². The van der Waals surface area contributed by atoms with Gasteiger partial charge in [0.25, 0.3) is 10.0 Å². The van der Waals surface area contributed by atoms with Crippen LogP contribution in [0.5, 0.6) is 0 Å². The molecule has 0 saturated carbocycles. The third-order valence-electron chi connectivity index (χ3n) is 5.89. The van der Waals surface area contributed by atoms with Crippen LogP contribution in [0, 0.1) is 6.92 Å². The first-order chi connectivity index (χ1) is 14.7. The van der Waals surface area contributed by atoms with Gasteiger partial charge in [0.05, 0.1) is 11.4 Å². The number of halogens is 1. The van der Waals surface area contributed by atoms with Crippen LogP contribution >= 0.6 is 11.6 Å².